The first kappa shape index (κ1) is 10.9. The molecule has 2 heterocycles. The standard InChI is InChI=1S/C11H17N3S/c1-15-11-3-2-10(8-13-11)9-14-6-4-12-5-7-14/h2-3,8,12H,4-7,9H2,1H3. The van der Waals surface area contributed by atoms with Gasteiger partial charge in [0.25, 0.3) is 0 Å². The van der Waals surface area contributed by atoms with Crippen molar-refractivity contribution >= 4 is 11.8 Å². The normalized spacial score (nSPS) is 17.9. The quantitative estimate of drug-likeness (QED) is 0.780. The molecule has 0 atom stereocenters. The maximum atomic E-state index is 4.38. The minimum atomic E-state index is 1.03. The van der Waals surface area contributed by atoms with Crippen LogP contribution in [0.1, 0.15) is 5.56 Å². The van der Waals surface area contributed by atoms with Crippen LogP contribution in [0.15, 0.2) is 23.4 Å². The van der Waals surface area contributed by atoms with Gasteiger partial charge in [-0.05, 0) is 17.9 Å². The van der Waals surface area contributed by atoms with Gasteiger partial charge in [0.05, 0.1) is 5.03 Å². The topological polar surface area (TPSA) is 28.2 Å². The highest BCUT2D eigenvalue weighted by Crippen LogP contribution is 2.12. The second-order valence-corrected chi connectivity index (χ2v) is 4.56. The molecule has 0 aromatic carbocycles. The maximum absolute atomic E-state index is 4.38. The Balaban J connectivity index is 1.91. The largest absolute Gasteiger partial charge is 0.314 e. The Morgan fingerprint density at radius 2 is 2.20 bits per heavy atom. The molecular weight excluding hydrogens is 206 g/mol. The van der Waals surface area contributed by atoms with Gasteiger partial charge in [0.15, 0.2) is 0 Å². The van der Waals surface area contributed by atoms with E-state index < -0.39 is 0 Å². The van der Waals surface area contributed by atoms with Crippen LogP contribution in [0.5, 0.6) is 0 Å². The SMILES string of the molecule is CSc1ccc(CN2CCNCC2)cn1. The van der Waals surface area contributed by atoms with Crippen LogP contribution in [0.2, 0.25) is 0 Å². The van der Waals surface area contributed by atoms with Gasteiger partial charge >= 0.3 is 0 Å². The first-order valence-corrected chi connectivity index (χ1v) is 6.53. The number of pyridine rings is 1. The molecule has 0 aliphatic carbocycles. The van der Waals surface area contributed by atoms with Gasteiger partial charge in [-0.25, -0.2) is 4.98 Å². The molecule has 1 aliphatic rings. The zero-order chi connectivity index (χ0) is 10.5. The Hall–Kier alpha value is -0.580. The minimum Gasteiger partial charge on any atom is -0.314 e. The summed E-state index contributed by atoms with van der Waals surface area (Å²) in [6.07, 6.45) is 4.05. The van der Waals surface area contributed by atoms with Crippen LogP contribution in [-0.2, 0) is 6.54 Å². The van der Waals surface area contributed by atoms with Crippen molar-refractivity contribution in [3.63, 3.8) is 0 Å². The summed E-state index contributed by atoms with van der Waals surface area (Å²) in [6.45, 7) is 5.53. The summed E-state index contributed by atoms with van der Waals surface area (Å²) < 4.78 is 0. The van der Waals surface area contributed by atoms with E-state index in [1.54, 1.807) is 11.8 Å². The highest BCUT2D eigenvalue weighted by molar-refractivity contribution is 7.98. The average molecular weight is 223 g/mol. The number of rotatable bonds is 3. The number of thioether (sulfide) groups is 1. The summed E-state index contributed by atoms with van der Waals surface area (Å²) in [5.41, 5.74) is 1.31. The molecule has 4 heteroatoms. The van der Waals surface area contributed by atoms with Crippen molar-refractivity contribution in [3.8, 4) is 0 Å². The Kier molecular flexibility index (Phi) is 4.00. The molecule has 82 valence electrons. The van der Waals surface area contributed by atoms with Crippen molar-refractivity contribution in [2.24, 2.45) is 0 Å². The molecule has 3 nitrogen and oxygen atoms in total. The molecule has 1 aromatic rings. The monoisotopic (exact) mass is 223 g/mol. The smallest absolute Gasteiger partial charge is 0.0957 e. The Labute approximate surface area is 95.3 Å². The second kappa shape index (κ2) is 5.49. The summed E-state index contributed by atoms with van der Waals surface area (Å²) in [5, 5.41) is 4.45. The lowest BCUT2D eigenvalue weighted by atomic mass is 10.2. The van der Waals surface area contributed by atoms with Crippen molar-refractivity contribution in [2.75, 3.05) is 32.4 Å². The van der Waals surface area contributed by atoms with Gasteiger partial charge in [0.2, 0.25) is 0 Å². The molecule has 1 saturated heterocycles. The molecule has 0 spiro atoms. The predicted molar refractivity (Wildman–Crippen MR) is 64.2 cm³/mol. The lowest BCUT2D eigenvalue weighted by molar-refractivity contribution is 0.233. The molecular formula is C11H17N3S. The molecule has 2 rings (SSSR count). The number of piperazine rings is 1. The molecule has 1 N–H and O–H groups in total. The van der Waals surface area contributed by atoms with Crippen molar-refractivity contribution in [3.05, 3.63) is 23.9 Å². The van der Waals surface area contributed by atoms with Crippen molar-refractivity contribution in [1.82, 2.24) is 15.2 Å². The first-order chi connectivity index (χ1) is 7.38. The van der Waals surface area contributed by atoms with Gasteiger partial charge < -0.3 is 5.32 Å². The second-order valence-electron chi connectivity index (χ2n) is 3.73. The number of hydrogen-bond acceptors (Lipinski definition) is 4. The van der Waals surface area contributed by atoms with E-state index in [2.05, 4.69) is 33.6 Å². The molecule has 0 bridgehead atoms. The van der Waals surface area contributed by atoms with Crippen LogP contribution >= 0.6 is 11.8 Å². The van der Waals surface area contributed by atoms with Crippen LogP contribution < -0.4 is 5.32 Å². The van der Waals surface area contributed by atoms with Gasteiger partial charge in [0.1, 0.15) is 0 Å². The molecule has 1 aromatic heterocycles. The summed E-state index contributed by atoms with van der Waals surface area (Å²) in [4.78, 5) is 6.85. The van der Waals surface area contributed by atoms with Crippen LogP contribution in [0, 0.1) is 0 Å². The summed E-state index contributed by atoms with van der Waals surface area (Å²) in [7, 11) is 0. The Bertz CT molecular complexity index is 293. The van der Waals surface area contributed by atoms with Gasteiger partial charge in [0, 0.05) is 38.9 Å². The molecule has 0 saturated carbocycles. The van der Waals surface area contributed by atoms with E-state index in [1.165, 1.54) is 5.56 Å². The fourth-order valence-electron chi connectivity index (χ4n) is 1.75. The summed E-state index contributed by atoms with van der Waals surface area (Å²) in [5.74, 6) is 0. The highest BCUT2D eigenvalue weighted by atomic mass is 32.2. The third kappa shape index (κ3) is 3.19. The van der Waals surface area contributed by atoms with Crippen molar-refractivity contribution < 1.29 is 0 Å². The van der Waals surface area contributed by atoms with Gasteiger partial charge in [-0.2, -0.15) is 0 Å². The summed E-state index contributed by atoms with van der Waals surface area (Å²) >= 11 is 1.69. The van der Waals surface area contributed by atoms with Gasteiger partial charge in [-0.3, -0.25) is 4.90 Å². The Morgan fingerprint density at radius 3 is 2.80 bits per heavy atom. The molecule has 0 radical (unpaired) electrons. The van der Waals surface area contributed by atoms with E-state index in [1.807, 2.05) is 6.20 Å². The first-order valence-electron chi connectivity index (χ1n) is 5.30. The van der Waals surface area contributed by atoms with E-state index >= 15 is 0 Å². The Morgan fingerprint density at radius 1 is 1.40 bits per heavy atom. The fourth-order valence-corrected chi connectivity index (χ4v) is 2.11. The fraction of sp³-hybridized carbons (Fsp3) is 0.545. The predicted octanol–water partition coefficient (Wildman–Crippen LogP) is 1.21. The molecule has 1 fully saturated rings. The molecule has 1 aliphatic heterocycles. The number of aromatic nitrogens is 1. The van der Waals surface area contributed by atoms with Gasteiger partial charge in [-0.1, -0.05) is 6.07 Å². The third-order valence-electron chi connectivity index (χ3n) is 2.62. The zero-order valence-electron chi connectivity index (χ0n) is 9.07. The lowest BCUT2D eigenvalue weighted by Gasteiger charge is -2.27. The van der Waals surface area contributed by atoms with Crippen LogP contribution in [0.3, 0.4) is 0 Å². The van der Waals surface area contributed by atoms with Crippen LogP contribution in [0.4, 0.5) is 0 Å². The van der Waals surface area contributed by atoms with Crippen molar-refractivity contribution in [2.45, 2.75) is 11.6 Å². The molecule has 0 amide bonds. The highest BCUT2D eigenvalue weighted by Gasteiger charge is 2.09. The summed E-state index contributed by atoms with van der Waals surface area (Å²) in [6, 6.07) is 4.28. The molecule has 0 unspecified atom stereocenters. The maximum Gasteiger partial charge on any atom is 0.0957 e. The van der Waals surface area contributed by atoms with Crippen LogP contribution in [-0.4, -0.2) is 42.3 Å². The number of nitrogens with zero attached hydrogens (tertiary/aromatic N) is 2. The van der Waals surface area contributed by atoms with Gasteiger partial charge in [-0.15, -0.1) is 11.8 Å². The van der Waals surface area contributed by atoms with E-state index in [0.29, 0.717) is 0 Å². The molecule has 15 heavy (non-hydrogen) atoms. The van der Waals surface area contributed by atoms with E-state index in [9.17, 15) is 0 Å². The van der Waals surface area contributed by atoms with E-state index in [4.69, 9.17) is 0 Å². The van der Waals surface area contributed by atoms with Crippen LogP contribution in [0.25, 0.3) is 0 Å². The minimum absolute atomic E-state index is 1.03. The number of hydrogen-bond donors (Lipinski definition) is 1. The van der Waals surface area contributed by atoms with E-state index in [-0.39, 0.29) is 0 Å². The number of nitrogens with one attached hydrogen (secondary N) is 1. The lowest BCUT2D eigenvalue weighted by Crippen LogP contribution is -2.42. The average Bonchev–Trinajstić information content (AvgIpc) is 2.31. The van der Waals surface area contributed by atoms with E-state index in [0.717, 1.165) is 37.7 Å². The third-order valence-corrected chi connectivity index (χ3v) is 3.28. The zero-order valence-corrected chi connectivity index (χ0v) is 9.89. The van der Waals surface area contributed by atoms with Crippen molar-refractivity contribution in [1.29, 1.82) is 0 Å².